The Morgan fingerprint density at radius 3 is 2.65 bits per heavy atom. The summed E-state index contributed by atoms with van der Waals surface area (Å²) < 4.78 is 10.3. The van der Waals surface area contributed by atoms with Crippen LogP contribution in [0.15, 0.2) is 27.3 Å². The number of furan rings is 1. The molecule has 0 aliphatic heterocycles. The van der Waals surface area contributed by atoms with E-state index in [0.29, 0.717) is 29.9 Å². The highest BCUT2D eigenvalue weighted by Gasteiger charge is 2.30. The van der Waals surface area contributed by atoms with Gasteiger partial charge in [-0.05, 0) is 50.7 Å². The minimum absolute atomic E-state index is 0.0126. The number of carbonyl (C=O) groups is 2. The highest BCUT2D eigenvalue weighted by atomic mass is 16.5. The molecule has 138 valence electrons. The topological polar surface area (TPSA) is 110 Å². The van der Waals surface area contributed by atoms with Crippen LogP contribution < -0.4 is 10.6 Å². The average Bonchev–Trinajstić information content (AvgIpc) is 3.16. The van der Waals surface area contributed by atoms with Crippen molar-refractivity contribution >= 4 is 11.8 Å². The second-order valence-corrected chi connectivity index (χ2v) is 7.04. The van der Waals surface area contributed by atoms with Crippen molar-refractivity contribution in [1.82, 2.24) is 20.8 Å². The Balaban J connectivity index is 1.19. The highest BCUT2D eigenvalue weighted by molar-refractivity contribution is 5.91. The summed E-state index contributed by atoms with van der Waals surface area (Å²) in [6.07, 6.45) is 6.73. The first-order chi connectivity index (χ1) is 12.7. The molecule has 0 unspecified atom stereocenters. The zero-order valence-corrected chi connectivity index (χ0v) is 14.4. The van der Waals surface area contributed by atoms with Gasteiger partial charge in [-0.1, -0.05) is 5.16 Å². The summed E-state index contributed by atoms with van der Waals surface area (Å²) in [6.45, 7) is 0.296. The lowest BCUT2D eigenvalue weighted by molar-refractivity contribution is -0.126. The first-order valence-electron chi connectivity index (χ1n) is 9.13. The quantitative estimate of drug-likeness (QED) is 0.818. The Kier molecular flexibility index (Phi) is 4.73. The fourth-order valence-corrected chi connectivity index (χ4v) is 3.31. The molecule has 0 bridgehead atoms. The lowest BCUT2D eigenvalue weighted by Gasteiger charge is -2.28. The zero-order valence-electron chi connectivity index (χ0n) is 14.4. The summed E-state index contributed by atoms with van der Waals surface area (Å²) in [5, 5.41) is 9.76. The van der Waals surface area contributed by atoms with E-state index in [1.807, 2.05) is 0 Å². The maximum Gasteiger partial charge on any atom is 0.287 e. The smallest absolute Gasteiger partial charge is 0.287 e. The van der Waals surface area contributed by atoms with Crippen molar-refractivity contribution in [3.8, 4) is 0 Å². The van der Waals surface area contributed by atoms with Crippen molar-refractivity contribution in [2.45, 2.75) is 57.0 Å². The molecule has 2 aromatic heterocycles. The molecule has 2 amide bonds. The van der Waals surface area contributed by atoms with Crippen molar-refractivity contribution in [2.75, 3.05) is 0 Å². The molecule has 2 fully saturated rings. The van der Waals surface area contributed by atoms with E-state index in [4.69, 9.17) is 8.94 Å². The zero-order chi connectivity index (χ0) is 17.9. The lowest BCUT2D eigenvalue weighted by Crippen LogP contribution is -2.40. The highest BCUT2D eigenvalue weighted by Crippen LogP contribution is 2.38. The predicted molar refractivity (Wildman–Crippen MR) is 90.0 cm³/mol. The Morgan fingerprint density at radius 1 is 1.15 bits per heavy atom. The standard InChI is InChI=1S/C18H22N4O4/c23-16(19-10-15-21-18(26-22-15)12-3-4-12)11-5-7-13(8-6-11)20-17(24)14-2-1-9-25-14/h1-2,9,11-13H,3-8,10H2,(H,19,23)(H,20,24). The van der Waals surface area contributed by atoms with E-state index in [1.165, 1.54) is 6.26 Å². The molecule has 4 rings (SSSR count). The molecular weight excluding hydrogens is 336 g/mol. The van der Waals surface area contributed by atoms with Gasteiger partial charge in [0.15, 0.2) is 11.6 Å². The number of rotatable bonds is 6. The molecule has 2 aromatic rings. The van der Waals surface area contributed by atoms with Gasteiger partial charge in [0.2, 0.25) is 11.8 Å². The van der Waals surface area contributed by atoms with Crippen molar-refractivity contribution in [1.29, 1.82) is 0 Å². The second-order valence-electron chi connectivity index (χ2n) is 7.04. The Bertz CT molecular complexity index is 758. The van der Waals surface area contributed by atoms with Crippen LogP contribution in [0.5, 0.6) is 0 Å². The molecule has 2 N–H and O–H groups in total. The Hall–Kier alpha value is -2.64. The molecular formula is C18H22N4O4. The summed E-state index contributed by atoms with van der Waals surface area (Å²) in [5.74, 6) is 1.71. The lowest BCUT2D eigenvalue weighted by atomic mass is 9.85. The fourth-order valence-electron chi connectivity index (χ4n) is 3.31. The fraction of sp³-hybridized carbons (Fsp3) is 0.556. The van der Waals surface area contributed by atoms with Gasteiger partial charge in [0, 0.05) is 17.9 Å². The molecule has 0 atom stereocenters. The Morgan fingerprint density at radius 2 is 1.96 bits per heavy atom. The molecule has 0 saturated heterocycles. The summed E-state index contributed by atoms with van der Waals surface area (Å²) in [5.41, 5.74) is 0. The number of aromatic nitrogens is 2. The summed E-state index contributed by atoms with van der Waals surface area (Å²) >= 11 is 0. The van der Waals surface area contributed by atoms with Gasteiger partial charge in [-0.15, -0.1) is 0 Å². The van der Waals surface area contributed by atoms with Gasteiger partial charge in [-0.3, -0.25) is 9.59 Å². The SMILES string of the molecule is O=C(NC1CCC(C(=O)NCc2noc(C3CC3)n2)CC1)c1ccco1. The van der Waals surface area contributed by atoms with E-state index in [0.717, 1.165) is 38.5 Å². The second kappa shape index (κ2) is 7.31. The normalized spacial score (nSPS) is 22.8. The molecule has 2 aliphatic rings. The molecule has 26 heavy (non-hydrogen) atoms. The molecule has 2 heterocycles. The van der Waals surface area contributed by atoms with Crippen molar-refractivity contribution < 1.29 is 18.5 Å². The van der Waals surface area contributed by atoms with Crippen molar-refractivity contribution in [2.24, 2.45) is 5.92 Å². The van der Waals surface area contributed by atoms with Crippen molar-refractivity contribution in [3.63, 3.8) is 0 Å². The minimum atomic E-state index is -0.202. The van der Waals surface area contributed by atoms with E-state index in [-0.39, 0.29) is 23.8 Å². The van der Waals surface area contributed by atoms with Gasteiger partial charge in [0.25, 0.3) is 5.91 Å². The molecule has 0 radical (unpaired) electrons. The first-order valence-corrected chi connectivity index (χ1v) is 9.13. The van der Waals surface area contributed by atoms with Gasteiger partial charge >= 0.3 is 0 Å². The molecule has 0 aromatic carbocycles. The van der Waals surface area contributed by atoms with E-state index in [2.05, 4.69) is 20.8 Å². The van der Waals surface area contributed by atoms with E-state index in [1.54, 1.807) is 12.1 Å². The third-order valence-electron chi connectivity index (χ3n) is 5.01. The number of nitrogens with zero attached hydrogens (tertiary/aromatic N) is 2. The maximum atomic E-state index is 12.3. The summed E-state index contributed by atoms with van der Waals surface area (Å²) in [6, 6.07) is 3.41. The van der Waals surface area contributed by atoms with Crippen LogP contribution in [0.2, 0.25) is 0 Å². The number of hydrogen-bond acceptors (Lipinski definition) is 6. The van der Waals surface area contributed by atoms with Crippen molar-refractivity contribution in [3.05, 3.63) is 35.9 Å². The monoisotopic (exact) mass is 358 g/mol. The van der Waals surface area contributed by atoms with Crippen LogP contribution in [0, 0.1) is 5.92 Å². The largest absolute Gasteiger partial charge is 0.459 e. The van der Waals surface area contributed by atoms with Gasteiger partial charge in [0.05, 0.1) is 12.8 Å². The number of nitrogens with one attached hydrogen (secondary N) is 2. The van der Waals surface area contributed by atoms with E-state index in [9.17, 15) is 9.59 Å². The van der Waals surface area contributed by atoms with E-state index < -0.39 is 0 Å². The molecule has 0 spiro atoms. The van der Waals surface area contributed by atoms with E-state index >= 15 is 0 Å². The summed E-state index contributed by atoms with van der Waals surface area (Å²) in [7, 11) is 0. The summed E-state index contributed by atoms with van der Waals surface area (Å²) in [4.78, 5) is 28.6. The molecule has 2 aliphatic carbocycles. The van der Waals surface area contributed by atoms with Crippen LogP contribution in [0.4, 0.5) is 0 Å². The number of carbonyl (C=O) groups excluding carboxylic acids is 2. The van der Waals surface area contributed by atoms with Gasteiger partial charge in [-0.2, -0.15) is 4.98 Å². The third kappa shape index (κ3) is 3.95. The Labute approximate surface area is 150 Å². The van der Waals surface area contributed by atoms with Crippen LogP contribution in [0.3, 0.4) is 0 Å². The van der Waals surface area contributed by atoms with Gasteiger partial charge < -0.3 is 19.6 Å². The molecule has 8 nitrogen and oxygen atoms in total. The van der Waals surface area contributed by atoms with Gasteiger partial charge in [-0.25, -0.2) is 0 Å². The minimum Gasteiger partial charge on any atom is -0.459 e. The average molecular weight is 358 g/mol. The molecule has 2 saturated carbocycles. The maximum absolute atomic E-state index is 12.3. The van der Waals surface area contributed by atoms with Crippen LogP contribution in [0.25, 0.3) is 0 Å². The number of hydrogen-bond donors (Lipinski definition) is 2. The van der Waals surface area contributed by atoms with Crippen LogP contribution in [-0.2, 0) is 11.3 Å². The van der Waals surface area contributed by atoms with Crippen LogP contribution in [0.1, 0.15) is 66.7 Å². The third-order valence-corrected chi connectivity index (χ3v) is 5.01. The molecule has 8 heteroatoms. The van der Waals surface area contributed by atoms with Gasteiger partial charge in [0.1, 0.15) is 0 Å². The number of amides is 2. The first kappa shape index (κ1) is 16.8. The predicted octanol–water partition coefficient (Wildman–Crippen LogP) is 2.14. The van der Waals surface area contributed by atoms with Crippen LogP contribution >= 0.6 is 0 Å². The van der Waals surface area contributed by atoms with Crippen LogP contribution in [-0.4, -0.2) is 28.0 Å².